The summed E-state index contributed by atoms with van der Waals surface area (Å²) in [5.41, 5.74) is 0. The van der Waals surface area contributed by atoms with E-state index in [9.17, 15) is 28.2 Å². The minimum absolute atomic E-state index is 0.0739. The maximum atomic E-state index is 13.2. The van der Waals surface area contributed by atoms with Crippen LogP contribution in [-0.2, 0) is 14.8 Å². The van der Waals surface area contributed by atoms with Gasteiger partial charge in [-0.15, -0.1) is 0 Å². The molecule has 2 aliphatic heterocycles. The van der Waals surface area contributed by atoms with Crippen LogP contribution in [0.5, 0.6) is 5.88 Å². The zero-order valence-corrected chi connectivity index (χ0v) is 17.2. The monoisotopic (exact) mass is 439 g/mol. The Kier molecular flexibility index (Phi) is 5.58. The number of rotatable bonds is 5. The van der Waals surface area contributed by atoms with Crippen LogP contribution in [0.4, 0.5) is 4.79 Å². The molecule has 2 saturated heterocycles. The molecule has 3 aliphatic rings. The summed E-state index contributed by atoms with van der Waals surface area (Å²) < 4.78 is 33.2. The number of fused-ring (bicyclic) bond motifs is 2. The number of sulfonamides is 1. The van der Waals surface area contributed by atoms with E-state index in [4.69, 9.17) is 4.74 Å². The Morgan fingerprint density at radius 2 is 1.80 bits per heavy atom. The Bertz CT molecular complexity index is 915. The molecule has 2 bridgehead atoms. The van der Waals surface area contributed by atoms with Crippen molar-refractivity contribution in [1.29, 1.82) is 0 Å². The number of aromatic nitrogens is 1. The Morgan fingerprint density at radius 3 is 2.40 bits per heavy atom. The van der Waals surface area contributed by atoms with Gasteiger partial charge >= 0.3 is 12.1 Å². The number of carboxylic acids is 1. The number of ether oxygens (including phenoxy) is 1. The molecule has 10 nitrogen and oxygen atoms in total. The summed E-state index contributed by atoms with van der Waals surface area (Å²) in [6.45, 7) is -0.192. The second kappa shape index (κ2) is 8.03. The molecule has 1 aromatic rings. The third-order valence-corrected chi connectivity index (χ3v) is 8.07. The summed E-state index contributed by atoms with van der Waals surface area (Å²) in [5.74, 6) is -1.02. The molecule has 2 N–H and O–H groups in total. The molecular weight excluding hydrogens is 414 g/mol. The van der Waals surface area contributed by atoms with Gasteiger partial charge in [0, 0.05) is 18.7 Å². The van der Waals surface area contributed by atoms with Crippen LogP contribution >= 0.6 is 0 Å². The molecule has 3 fully saturated rings. The van der Waals surface area contributed by atoms with E-state index in [-0.39, 0.29) is 17.5 Å². The topological polar surface area (TPSA) is 137 Å². The van der Waals surface area contributed by atoms with Crippen molar-refractivity contribution in [3.8, 4) is 5.88 Å². The fourth-order valence-corrected chi connectivity index (χ4v) is 6.42. The van der Waals surface area contributed by atoms with Crippen molar-refractivity contribution in [2.45, 2.75) is 74.1 Å². The highest BCUT2D eigenvalue weighted by Crippen LogP contribution is 2.37. The van der Waals surface area contributed by atoms with Gasteiger partial charge in [0.1, 0.15) is 17.0 Å². The lowest BCUT2D eigenvalue weighted by Crippen LogP contribution is -2.64. The Balaban J connectivity index is 1.56. The second-order valence-electron chi connectivity index (χ2n) is 8.06. The molecule has 3 heterocycles. The molecule has 0 radical (unpaired) electrons. The normalized spacial score (nSPS) is 27.7. The third-order valence-electron chi connectivity index (χ3n) is 6.24. The molecule has 1 aliphatic carbocycles. The number of pyridine rings is 1. The molecular formula is C19H25N3O7S. The van der Waals surface area contributed by atoms with Crippen LogP contribution in [0.25, 0.3) is 0 Å². The first kappa shape index (κ1) is 20.9. The SMILES string of the molecule is O=C(O)[C@@H]1[C@@H]2CC[C@H](CN1S(=O)(=O)c1ccc(OC3CCCCC3)nc1)N2C(=O)O. The van der Waals surface area contributed by atoms with E-state index in [1.54, 1.807) is 0 Å². The molecule has 1 amide bonds. The standard InChI is InChI=1S/C19H25N3O7S/c23-18(24)17-15-8-6-12(22(15)19(25)26)11-21(17)30(27,28)14-7-9-16(20-10-14)29-13-4-2-1-3-5-13/h7,9-10,12-13,15,17H,1-6,8,11H2,(H,23,24)(H,25,26)/t12-,15+,17+/m1/s1. The van der Waals surface area contributed by atoms with Crippen LogP contribution < -0.4 is 4.74 Å². The molecule has 1 aromatic heterocycles. The van der Waals surface area contributed by atoms with Crippen molar-refractivity contribution in [1.82, 2.24) is 14.2 Å². The number of aliphatic carboxylic acids is 1. The van der Waals surface area contributed by atoms with Crippen molar-refractivity contribution in [2.24, 2.45) is 0 Å². The number of carbonyl (C=O) groups is 2. The zero-order valence-electron chi connectivity index (χ0n) is 16.4. The number of amides is 1. The molecule has 164 valence electrons. The van der Waals surface area contributed by atoms with Gasteiger partial charge in [0.05, 0.1) is 12.2 Å². The van der Waals surface area contributed by atoms with Gasteiger partial charge in [0.15, 0.2) is 0 Å². The maximum absolute atomic E-state index is 13.2. The Morgan fingerprint density at radius 1 is 1.07 bits per heavy atom. The lowest BCUT2D eigenvalue weighted by Gasteiger charge is -2.42. The van der Waals surface area contributed by atoms with Gasteiger partial charge in [0.2, 0.25) is 15.9 Å². The molecule has 11 heteroatoms. The van der Waals surface area contributed by atoms with Crippen LogP contribution in [0.15, 0.2) is 23.2 Å². The van der Waals surface area contributed by atoms with Crippen LogP contribution in [0.1, 0.15) is 44.9 Å². The van der Waals surface area contributed by atoms with Crippen LogP contribution in [0, 0.1) is 0 Å². The van der Waals surface area contributed by atoms with Crippen molar-refractivity contribution in [3.63, 3.8) is 0 Å². The Hall–Kier alpha value is -2.40. The van der Waals surface area contributed by atoms with Gasteiger partial charge in [-0.1, -0.05) is 6.42 Å². The number of hydrogen-bond acceptors (Lipinski definition) is 6. The average molecular weight is 439 g/mol. The van der Waals surface area contributed by atoms with Gasteiger partial charge < -0.3 is 14.9 Å². The first-order valence-electron chi connectivity index (χ1n) is 10.2. The van der Waals surface area contributed by atoms with Crippen LogP contribution in [0.3, 0.4) is 0 Å². The summed E-state index contributed by atoms with van der Waals surface area (Å²) >= 11 is 0. The highest BCUT2D eigenvalue weighted by molar-refractivity contribution is 7.89. The molecule has 30 heavy (non-hydrogen) atoms. The van der Waals surface area contributed by atoms with E-state index < -0.39 is 40.2 Å². The summed E-state index contributed by atoms with van der Waals surface area (Å²) in [5, 5.41) is 19.1. The highest BCUT2D eigenvalue weighted by Gasteiger charge is 2.55. The summed E-state index contributed by atoms with van der Waals surface area (Å²) in [6, 6.07) is -0.0808. The molecule has 1 saturated carbocycles. The van der Waals surface area contributed by atoms with E-state index in [0.29, 0.717) is 18.7 Å². The quantitative estimate of drug-likeness (QED) is 0.708. The summed E-state index contributed by atoms with van der Waals surface area (Å²) in [4.78, 5) is 28.5. The predicted octanol–water partition coefficient (Wildman–Crippen LogP) is 1.76. The van der Waals surface area contributed by atoms with Gasteiger partial charge in [-0.3, -0.25) is 9.69 Å². The van der Waals surface area contributed by atoms with Crippen molar-refractivity contribution in [3.05, 3.63) is 18.3 Å². The lowest BCUT2D eigenvalue weighted by molar-refractivity contribution is -0.144. The lowest BCUT2D eigenvalue weighted by atomic mass is 9.98. The average Bonchev–Trinajstić information content (AvgIpc) is 3.02. The molecule has 0 aromatic carbocycles. The number of nitrogens with zero attached hydrogens (tertiary/aromatic N) is 3. The highest BCUT2D eigenvalue weighted by atomic mass is 32.2. The summed E-state index contributed by atoms with van der Waals surface area (Å²) in [7, 11) is -4.17. The second-order valence-corrected chi connectivity index (χ2v) is 9.95. The molecule has 4 rings (SSSR count). The van der Waals surface area contributed by atoms with Gasteiger partial charge in [-0.2, -0.15) is 4.31 Å². The summed E-state index contributed by atoms with van der Waals surface area (Å²) in [6.07, 6.45) is 6.03. The predicted molar refractivity (Wildman–Crippen MR) is 104 cm³/mol. The largest absolute Gasteiger partial charge is 0.480 e. The van der Waals surface area contributed by atoms with Crippen LogP contribution in [0.2, 0.25) is 0 Å². The van der Waals surface area contributed by atoms with Gasteiger partial charge in [0.25, 0.3) is 0 Å². The van der Waals surface area contributed by atoms with Crippen molar-refractivity contribution < 1.29 is 33.0 Å². The number of hydrogen-bond donors (Lipinski definition) is 2. The van der Waals surface area contributed by atoms with E-state index in [1.165, 1.54) is 24.8 Å². The minimum atomic E-state index is -4.17. The molecule has 0 unspecified atom stereocenters. The Labute approximate surface area is 174 Å². The third kappa shape index (κ3) is 3.71. The van der Waals surface area contributed by atoms with E-state index >= 15 is 0 Å². The van der Waals surface area contributed by atoms with Gasteiger partial charge in [-0.05, 0) is 44.6 Å². The van der Waals surface area contributed by atoms with E-state index in [0.717, 1.165) is 34.9 Å². The first-order valence-corrected chi connectivity index (χ1v) is 11.6. The molecule has 3 atom stereocenters. The van der Waals surface area contributed by atoms with Crippen molar-refractivity contribution in [2.75, 3.05) is 6.54 Å². The van der Waals surface area contributed by atoms with E-state index in [1.807, 2.05) is 0 Å². The minimum Gasteiger partial charge on any atom is -0.480 e. The fraction of sp³-hybridized carbons (Fsp3) is 0.632. The zero-order chi connectivity index (χ0) is 21.5. The first-order chi connectivity index (χ1) is 14.3. The van der Waals surface area contributed by atoms with E-state index in [2.05, 4.69) is 4.98 Å². The maximum Gasteiger partial charge on any atom is 0.407 e. The smallest absolute Gasteiger partial charge is 0.407 e. The molecule has 0 spiro atoms. The van der Waals surface area contributed by atoms with Crippen LogP contribution in [-0.4, -0.2) is 75.7 Å². The van der Waals surface area contributed by atoms with Gasteiger partial charge in [-0.25, -0.2) is 18.2 Å². The fourth-order valence-electron chi connectivity index (χ4n) is 4.83. The number of piperazine rings is 1. The number of carboxylic acid groups (broad SMARTS) is 2. The van der Waals surface area contributed by atoms with Crippen molar-refractivity contribution >= 4 is 22.1 Å².